The van der Waals surface area contributed by atoms with Gasteiger partial charge in [-0.1, -0.05) is 30.3 Å². The van der Waals surface area contributed by atoms with Gasteiger partial charge in [-0.2, -0.15) is 18.3 Å². The van der Waals surface area contributed by atoms with E-state index in [9.17, 15) is 18.0 Å². The van der Waals surface area contributed by atoms with Gasteiger partial charge in [0.15, 0.2) is 0 Å². The normalized spacial score (nSPS) is 11.5. The molecule has 4 aromatic rings. The van der Waals surface area contributed by atoms with E-state index in [0.717, 1.165) is 17.8 Å². The Bertz CT molecular complexity index is 1210. The summed E-state index contributed by atoms with van der Waals surface area (Å²) in [5, 5.41) is 7.30. The van der Waals surface area contributed by atoms with E-state index in [1.165, 1.54) is 10.7 Å². The van der Waals surface area contributed by atoms with Crippen LogP contribution in [0.1, 0.15) is 21.6 Å². The van der Waals surface area contributed by atoms with Gasteiger partial charge in [-0.05, 0) is 48.0 Å². The van der Waals surface area contributed by atoms with E-state index in [0.29, 0.717) is 16.9 Å². The lowest BCUT2D eigenvalue weighted by Crippen LogP contribution is -2.25. The van der Waals surface area contributed by atoms with Crippen molar-refractivity contribution in [3.05, 3.63) is 95.8 Å². The third kappa shape index (κ3) is 4.37. The highest BCUT2D eigenvalue weighted by atomic mass is 19.4. The zero-order valence-electron chi connectivity index (χ0n) is 16.6. The largest absolute Gasteiger partial charge is 0.416 e. The van der Waals surface area contributed by atoms with Crippen molar-refractivity contribution in [2.24, 2.45) is 7.05 Å². The fourth-order valence-electron chi connectivity index (χ4n) is 3.29. The zero-order valence-corrected chi connectivity index (χ0v) is 16.6. The van der Waals surface area contributed by atoms with Crippen LogP contribution in [-0.2, 0) is 19.8 Å². The Labute approximate surface area is 176 Å². The first kappa shape index (κ1) is 20.5. The van der Waals surface area contributed by atoms with Crippen LogP contribution < -0.4 is 5.32 Å². The van der Waals surface area contributed by atoms with Crippen molar-refractivity contribution < 1.29 is 18.0 Å². The summed E-state index contributed by atoms with van der Waals surface area (Å²) in [5.41, 5.74) is 2.04. The first-order valence-electron chi connectivity index (χ1n) is 9.54. The van der Waals surface area contributed by atoms with Crippen LogP contribution in [0.3, 0.4) is 0 Å². The zero-order chi connectivity index (χ0) is 22.0. The molecule has 0 saturated carbocycles. The van der Waals surface area contributed by atoms with Gasteiger partial charge in [0, 0.05) is 19.8 Å². The monoisotopic (exact) mass is 424 g/mol. The Balaban J connectivity index is 1.63. The molecule has 0 fully saturated rings. The van der Waals surface area contributed by atoms with Crippen molar-refractivity contribution >= 4 is 5.91 Å². The lowest BCUT2D eigenvalue weighted by molar-refractivity contribution is -0.137. The Morgan fingerprint density at radius 3 is 2.45 bits per heavy atom. The number of alkyl halides is 3. The van der Waals surface area contributed by atoms with Gasteiger partial charge in [0.1, 0.15) is 11.4 Å². The molecule has 0 aliphatic heterocycles. The number of amides is 1. The summed E-state index contributed by atoms with van der Waals surface area (Å²) in [7, 11) is 1.88. The SMILES string of the molecule is Cn1cccc1-c1cc(C(=O)NCc2cccc(C(F)(F)F)c2)n(-c2ccccc2)n1. The Morgan fingerprint density at radius 1 is 1.00 bits per heavy atom. The fraction of sp³-hybridized carbons (Fsp3) is 0.130. The summed E-state index contributed by atoms with van der Waals surface area (Å²) >= 11 is 0. The quantitative estimate of drug-likeness (QED) is 0.499. The fourth-order valence-corrected chi connectivity index (χ4v) is 3.29. The van der Waals surface area contributed by atoms with Crippen molar-refractivity contribution in [2.75, 3.05) is 0 Å². The Kier molecular flexibility index (Phi) is 5.37. The number of hydrogen-bond acceptors (Lipinski definition) is 2. The molecule has 1 N–H and O–H groups in total. The minimum Gasteiger partial charge on any atom is -0.349 e. The number of benzene rings is 2. The standard InChI is InChI=1S/C23H19F3N4O/c1-29-12-6-11-20(29)19-14-21(30(28-19)18-9-3-2-4-10-18)22(31)27-15-16-7-5-8-17(13-16)23(24,25)26/h2-14H,15H2,1H3,(H,27,31). The summed E-state index contributed by atoms with van der Waals surface area (Å²) in [4.78, 5) is 13.0. The summed E-state index contributed by atoms with van der Waals surface area (Å²) in [6, 6.07) is 19.5. The maximum Gasteiger partial charge on any atom is 0.416 e. The van der Waals surface area contributed by atoms with E-state index in [1.54, 1.807) is 12.1 Å². The molecule has 0 bridgehead atoms. The molecule has 0 saturated heterocycles. The van der Waals surface area contributed by atoms with Crippen LogP contribution in [0.5, 0.6) is 0 Å². The second kappa shape index (κ2) is 8.14. The lowest BCUT2D eigenvalue weighted by Gasteiger charge is -2.10. The molecule has 0 atom stereocenters. The Hall–Kier alpha value is -3.81. The molecule has 0 aliphatic carbocycles. The van der Waals surface area contributed by atoms with Gasteiger partial charge in [-0.25, -0.2) is 4.68 Å². The van der Waals surface area contributed by atoms with E-state index >= 15 is 0 Å². The number of aromatic nitrogens is 3. The average Bonchev–Trinajstić information content (AvgIpc) is 3.38. The third-order valence-corrected chi connectivity index (χ3v) is 4.86. The van der Waals surface area contributed by atoms with Crippen LogP contribution in [-0.4, -0.2) is 20.3 Å². The highest BCUT2D eigenvalue weighted by Crippen LogP contribution is 2.29. The number of carbonyl (C=O) groups excluding carboxylic acids is 1. The van der Waals surface area contributed by atoms with E-state index in [1.807, 2.05) is 60.3 Å². The minimum absolute atomic E-state index is 0.0395. The molecule has 0 radical (unpaired) electrons. The average molecular weight is 424 g/mol. The topological polar surface area (TPSA) is 51.9 Å². The highest BCUT2D eigenvalue weighted by molar-refractivity contribution is 5.94. The number of carbonyl (C=O) groups is 1. The van der Waals surface area contributed by atoms with E-state index in [4.69, 9.17) is 0 Å². The molecule has 2 heterocycles. The van der Waals surface area contributed by atoms with E-state index < -0.39 is 17.6 Å². The number of nitrogens with one attached hydrogen (secondary N) is 1. The summed E-state index contributed by atoms with van der Waals surface area (Å²) < 4.78 is 42.2. The second-order valence-corrected chi connectivity index (χ2v) is 7.05. The van der Waals surface area contributed by atoms with Gasteiger partial charge >= 0.3 is 6.18 Å². The summed E-state index contributed by atoms with van der Waals surface area (Å²) in [6.45, 7) is -0.0395. The van der Waals surface area contributed by atoms with Crippen molar-refractivity contribution in [1.29, 1.82) is 0 Å². The summed E-state index contributed by atoms with van der Waals surface area (Å²) in [6.07, 6.45) is -2.56. The number of rotatable bonds is 5. The van der Waals surface area contributed by atoms with Gasteiger partial charge in [-0.15, -0.1) is 0 Å². The minimum atomic E-state index is -4.43. The molecule has 0 unspecified atom stereocenters. The third-order valence-electron chi connectivity index (χ3n) is 4.86. The molecule has 5 nitrogen and oxygen atoms in total. The molecule has 2 aromatic carbocycles. The highest BCUT2D eigenvalue weighted by Gasteiger charge is 2.30. The predicted molar refractivity (Wildman–Crippen MR) is 111 cm³/mol. The molecule has 31 heavy (non-hydrogen) atoms. The van der Waals surface area contributed by atoms with Crippen LogP contribution >= 0.6 is 0 Å². The molecule has 1 amide bonds. The lowest BCUT2D eigenvalue weighted by atomic mass is 10.1. The van der Waals surface area contributed by atoms with Crippen LogP contribution in [0.2, 0.25) is 0 Å². The number of aryl methyl sites for hydroxylation is 1. The van der Waals surface area contributed by atoms with E-state index in [2.05, 4.69) is 10.4 Å². The van der Waals surface area contributed by atoms with Crippen LogP contribution in [0.4, 0.5) is 13.2 Å². The van der Waals surface area contributed by atoms with Gasteiger partial charge in [-0.3, -0.25) is 4.79 Å². The molecule has 0 spiro atoms. The molecule has 4 rings (SSSR count). The first-order chi connectivity index (χ1) is 14.8. The van der Waals surface area contributed by atoms with Crippen molar-refractivity contribution in [2.45, 2.75) is 12.7 Å². The van der Waals surface area contributed by atoms with Crippen LogP contribution in [0.25, 0.3) is 17.1 Å². The van der Waals surface area contributed by atoms with Crippen LogP contribution in [0.15, 0.2) is 79.0 Å². The molecule has 2 aromatic heterocycles. The maximum atomic E-state index is 13.0. The van der Waals surface area contributed by atoms with Gasteiger partial charge in [0.25, 0.3) is 5.91 Å². The maximum absolute atomic E-state index is 13.0. The first-order valence-corrected chi connectivity index (χ1v) is 9.54. The predicted octanol–water partition coefficient (Wildman–Crippen LogP) is 4.83. The van der Waals surface area contributed by atoms with E-state index in [-0.39, 0.29) is 12.2 Å². The van der Waals surface area contributed by atoms with Gasteiger partial charge in [0.2, 0.25) is 0 Å². The molecule has 8 heteroatoms. The van der Waals surface area contributed by atoms with Crippen molar-refractivity contribution in [3.8, 4) is 17.1 Å². The smallest absolute Gasteiger partial charge is 0.349 e. The summed E-state index contributed by atoms with van der Waals surface area (Å²) in [5.74, 6) is -0.436. The van der Waals surface area contributed by atoms with Crippen LogP contribution in [0, 0.1) is 0 Å². The molecular weight excluding hydrogens is 405 g/mol. The van der Waals surface area contributed by atoms with Gasteiger partial charge in [0.05, 0.1) is 16.9 Å². The number of hydrogen-bond donors (Lipinski definition) is 1. The van der Waals surface area contributed by atoms with Gasteiger partial charge < -0.3 is 9.88 Å². The molecule has 158 valence electrons. The molecule has 0 aliphatic rings. The Morgan fingerprint density at radius 2 is 1.77 bits per heavy atom. The van der Waals surface area contributed by atoms with Crippen molar-refractivity contribution in [1.82, 2.24) is 19.7 Å². The number of para-hydroxylation sites is 1. The molecular formula is C23H19F3N4O. The number of halogens is 3. The second-order valence-electron chi connectivity index (χ2n) is 7.05. The number of nitrogens with zero attached hydrogens (tertiary/aromatic N) is 3. The van der Waals surface area contributed by atoms with Crippen molar-refractivity contribution in [3.63, 3.8) is 0 Å².